The van der Waals surface area contributed by atoms with Crippen LogP contribution in [-0.2, 0) is 6.42 Å². The van der Waals surface area contributed by atoms with Crippen LogP contribution < -0.4 is 10.1 Å². The second kappa shape index (κ2) is 5.72. The third-order valence-electron chi connectivity index (χ3n) is 4.24. The largest absolute Gasteiger partial charge is 0.494 e. The molecule has 0 heterocycles. The Hall–Kier alpha value is -1.09. The normalized spacial score (nSPS) is 17.6. The zero-order valence-electron chi connectivity index (χ0n) is 13.1. The van der Waals surface area contributed by atoms with Crippen molar-refractivity contribution in [2.75, 3.05) is 13.7 Å². The molecule has 0 aliphatic heterocycles. The van der Waals surface area contributed by atoms with Crippen molar-refractivity contribution in [3.8, 4) is 5.75 Å². The topological polar surface area (TPSA) is 21.3 Å². The van der Waals surface area contributed by atoms with Crippen LogP contribution in [0.1, 0.15) is 45.6 Å². The summed E-state index contributed by atoms with van der Waals surface area (Å²) in [7, 11) is 1.52. The van der Waals surface area contributed by atoms with Gasteiger partial charge in [-0.3, -0.25) is 0 Å². The molecule has 1 fully saturated rings. The predicted molar refractivity (Wildman–Crippen MR) is 80.7 cm³/mol. The van der Waals surface area contributed by atoms with E-state index in [1.807, 2.05) is 12.1 Å². The summed E-state index contributed by atoms with van der Waals surface area (Å²) in [6, 6.07) is 5.44. The van der Waals surface area contributed by atoms with Crippen molar-refractivity contribution < 1.29 is 9.13 Å². The van der Waals surface area contributed by atoms with Crippen molar-refractivity contribution in [2.45, 2.75) is 52.0 Å². The Morgan fingerprint density at radius 2 is 2.00 bits per heavy atom. The summed E-state index contributed by atoms with van der Waals surface area (Å²) in [5.41, 5.74) is 1.09. The van der Waals surface area contributed by atoms with Crippen molar-refractivity contribution in [3.05, 3.63) is 29.6 Å². The molecule has 1 N–H and O–H groups in total. The van der Waals surface area contributed by atoms with Gasteiger partial charge in [-0.1, -0.05) is 18.6 Å². The zero-order chi connectivity index (χ0) is 14.8. The second-order valence-corrected chi connectivity index (χ2v) is 7.07. The molecule has 3 heteroatoms. The van der Waals surface area contributed by atoms with Crippen molar-refractivity contribution in [1.82, 2.24) is 5.32 Å². The van der Waals surface area contributed by atoms with Crippen LogP contribution in [0.25, 0.3) is 0 Å². The first-order valence-corrected chi connectivity index (χ1v) is 7.42. The monoisotopic (exact) mass is 279 g/mol. The SMILES string of the molecule is COc1cccc(CC2(CNC(C)(C)C)CCC2)c1F. The lowest BCUT2D eigenvalue weighted by Gasteiger charge is -2.44. The van der Waals surface area contributed by atoms with Crippen molar-refractivity contribution in [1.29, 1.82) is 0 Å². The van der Waals surface area contributed by atoms with E-state index >= 15 is 0 Å². The fourth-order valence-electron chi connectivity index (χ4n) is 2.80. The summed E-state index contributed by atoms with van der Waals surface area (Å²) in [6.07, 6.45) is 4.38. The molecule has 0 saturated heterocycles. The molecule has 0 spiro atoms. The molecule has 1 aromatic rings. The molecule has 0 atom stereocenters. The van der Waals surface area contributed by atoms with Gasteiger partial charge in [0.1, 0.15) is 0 Å². The number of hydrogen-bond acceptors (Lipinski definition) is 2. The number of benzene rings is 1. The highest BCUT2D eigenvalue weighted by Gasteiger charge is 2.38. The predicted octanol–water partition coefficient (Wildman–Crippen LogP) is 3.94. The maximum Gasteiger partial charge on any atom is 0.168 e. The van der Waals surface area contributed by atoms with E-state index in [9.17, 15) is 4.39 Å². The maximum absolute atomic E-state index is 14.3. The minimum absolute atomic E-state index is 0.107. The molecule has 20 heavy (non-hydrogen) atoms. The summed E-state index contributed by atoms with van der Waals surface area (Å²) in [5, 5.41) is 3.58. The third kappa shape index (κ3) is 3.51. The average Bonchev–Trinajstić information content (AvgIpc) is 2.33. The highest BCUT2D eigenvalue weighted by Crippen LogP contribution is 2.44. The molecule has 1 saturated carbocycles. The van der Waals surface area contributed by atoms with Gasteiger partial charge in [-0.15, -0.1) is 0 Å². The average molecular weight is 279 g/mol. The Balaban J connectivity index is 2.10. The zero-order valence-corrected chi connectivity index (χ0v) is 13.1. The summed E-state index contributed by atoms with van der Waals surface area (Å²) in [4.78, 5) is 0. The third-order valence-corrected chi connectivity index (χ3v) is 4.24. The van der Waals surface area contributed by atoms with E-state index in [4.69, 9.17) is 4.74 Å². The van der Waals surface area contributed by atoms with Crippen molar-refractivity contribution in [2.24, 2.45) is 5.41 Å². The molecule has 0 radical (unpaired) electrons. The highest BCUT2D eigenvalue weighted by atomic mass is 19.1. The van der Waals surface area contributed by atoms with Crippen LogP contribution in [0, 0.1) is 11.2 Å². The van der Waals surface area contributed by atoms with Gasteiger partial charge in [0.25, 0.3) is 0 Å². The lowest BCUT2D eigenvalue weighted by molar-refractivity contribution is 0.117. The first kappa shape index (κ1) is 15.3. The van der Waals surface area contributed by atoms with Crippen LogP contribution in [0.5, 0.6) is 5.75 Å². The number of hydrogen-bond donors (Lipinski definition) is 1. The van der Waals surface area contributed by atoms with Crippen molar-refractivity contribution in [3.63, 3.8) is 0 Å². The summed E-state index contributed by atoms with van der Waals surface area (Å²) in [5.74, 6) is 0.151. The highest BCUT2D eigenvalue weighted by molar-refractivity contribution is 5.32. The van der Waals surface area contributed by atoms with Crippen LogP contribution in [0.15, 0.2) is 18.2 Å². The van der Waals surface area contributed by atoms with Gasteiger partial charge in [-0.05, 0) is 57.1 Å². The van der Waals surface area contributed by atoms with Crippen LogP contribution in [-0.4, -0.2) is 19.2 Å². The first-order valence-electron chi connectivity index (χ1n) is 7.42. The number of methoxy groups -OCH3 is 1. The van der Waals surface area contributed by atoms with E-state index in [-0.39, 0.29) is 16.8 Å². The summed E-state index contributed by atoms with van der Waals surface area (Å²) >= 11 is 0. The molecule has 0 unspecified atom stereocenters. The van der Waals surface area contributed by atoms with E-state index in [0.717, 1.165) is 18.5 Å². The molecular formula is C17H26FNO. The van der Waals surface area contributed by atoms with Gasteiger partial charge in [-0.2, -0.15) is 0 Å². The Bertz CT molecular complexity index is 461. The number of ether oxygens (including phenoxy) is 1. The lowest BCUT2D eigenvalue weighted by Crippen LogP contribution is -2.48. The first-order chi connectivity index (χ1) is 9.35. The molecule has 2 rings (SSSR count). The van der Waals surface area contributed by atoms with Crippen LogP contribution in [0.3, 0.4) is 0 Å². The van der Waals surface area contributed by atoms with Gasteiger partial charge >= 0.3 is 0 Å². The van der Waals surface area contributed by atoms with E-state index in [2.05, 4.69) is 26.1 Å². The van der Waals surface area contributed by atoms with E-state index in [1.54, 1.807) is 6.07 Å². The van der Waals surface area contributed by atoms with Crippen LogP contribution in [0.2, 0.25) is 0 Å². The second-order valence-electron chi connectivity index (χ2n) is 7.07. The van der Waals surface area contributed by atoms with E-state index < -0.39 is 0 Å². The number of halogens is 1. The molecular weight excluding hydrogens is 253 g/mol. The summed E-state index contributed by atoms with van der Waals surface area (Å²) < 4.78 is 19.4. The number of rotatable bonds is 5. The molecule has 1 aromatic carbocycles. The Morgan fingerprint density at radius 3 is 2.50 bits per heavy atom. The lowest BCUT2D eigenvalue weighted by atomic mass is 9.65. The van der Waals surface area contributed by atoms with Crippen molar-refractivity contribution >= 4 is 0 Å². The molecule has 1 aliphatic carbocycles. The van der Waals surface area contributed by atoms with Gasteiger partial charge in [-0.25, -0.2) is 4.39 Å². The van der Waals surface area contributed by atoms with E-state index in [0.29, 0.717) is 5.75 Å². The van der Waals surface area contributed by atoms with Gasteiger partial charge in [0.15, 0.2) is 11.6 Å². The Labute approximate surface area is 121 Å². The van der Waals surface area contributed by atoms with Gasteiger partial charge in [0, 0.05) is 12.1 Å². The summed E-state index contributed by atoms with van der Waals surface area (Å²) in [6.45, 7) is 7.47. The Morgan fingerprint density at radius 1 is 1.30 bits per heavy atom. The van der Waals surface area contributed by atoms with E-state index in [1.165, 1.54) is 26.4 Å². The molecule has 2 nitrogen and oxygen atoms in total. The fraction of sp³-hybridized carbons (Fsp3) is 0.647. The fourth-order valence-corrected chi connectivity index (χ4v) is 2.80. The quantitative estimate of drug-likeness (QED) is 0.881. The van der Waals surface area contributed by atoms with Crippen LogP contribution >= 0.6 is 0 Å². The van der Waals surface area contributed by atoms with Gasteiger partial charge in [0.05, 0.1) is 7.11 Å². The smallest absolute Gasteiger partial charge is 0.168 e. The standard InChI is InChI=1S/C17H26FNO/c1-16(2,3)19-12-17(9-6-10-17)11-13-7-5-8-14(20-4)15(13)18/h5,7-8,19H,6,9-12H2,1-4H3. The minimum Gasteiger partial charge on any atom is -0.494 e. The minimum atomic E-state index is -0.197. The maximum atomic E-state index is 14.3. The molecule has 0 aromatic heterocycles. The Kier molecular flexibility index (Phi) is 4.38. The van der Waals surface area contributed by atoms with Crippen LogP contribution in [0.4, 0.5) is 4.39 Å². The van der Waals surface area contributed by atoms with Gasteiger partial charge in [0.2, 0.25) is 0 Å². The van der Waals surface area contributed by atoms with Gasteiger partial charge < -0.3 is 10.1 Å². The molecule has 1 aliphatic rings. The molecule has 0 amide bonds. The number of nitrogens with one attached hydrogen (secondary N) is 1. The molecule has 0 bridgehead atoms. The molecule has 112 valence electrons.